The van der Waals surface area contributed by atoms with Crippen molar-refractivity contribution in [2.24, 2.45) is 0 Å². The van der Waals surface area contributed by atoms with Crippen molar-refractivity contribution < 1.29 is 66.7 Å². The number of carbonyl (C=O) groups is 1. The Hall–Kier alpha value is -3.05. The summed E-state index contributed by atoms with van der Waals surface area (Å²) in [7, 11) is 3.21. The molecule has 2 aromatic rings. The van der Waals surface area contributed by atoms with Crippen LogP contribution in [-0.4, -0.2) is 144 Å². The molecule has 1 N–H and O–H groups in total. The van der Waals surface area contributed by atoms with E-state index < -0.39 is 5.97 Å². The van der Waals surface area contributed by atoms with Gasteiger partial charge in [0.05, 0.1) is 111 Å². The molecule has 48 heavy (non-hydrogen) atoms. The first-order chi connectivity index (χ1) is 23.7. The van der Waals surface area contributed by atoms with Crippen LogP contribution in [0.3, 0.4) is 0 Å². The van der Waals surface area contributed by atoms with E-state index in [4.69, 9.17) is 56.8 Å². The van der Waals surface area contributed by atoms with Gasteiger partial charge in [0.1, 0.15) is 19.8 Å². The van der Waals surface area contributed by atoms with Gasteiger partial charge in [0.15, 0.2) is 11.5 Å². The van der Waals surface area contributed by atoms with Crippen LogP contribution >= 0.6 is 0 Å². The summed E-state index contributed by atoms with van der Waals surface area (Å²) < 4.78 is 66.3. The average Bonchev–Trinajstić information content (AvgIpc) is 3.10. The standard InChI is InChI=1S/C34H52O14/c1-37-8-10-39-12-15-42-20-23-46-31-26-30(34(35)36)27-32(47-24-21-43-16-13-40-11-9-38-2)33(31)48-25-22-44-17-14-41-18-19-45-28-29-6-4-3-5-7-29/h3-7,26-27H,8-25,28H2,1-2H3,(H,35,36). The second-order valence-corrected chi connectivity index (χ2v) is 9.85. The molecule has 0 amide bonds. The van der Waals surface area contributed by atoms with Crippen molar-refractivity contribution in [3.63, 3.8) is 0 Å². The van der Waals surface area contributed by atoms with Gasteiger partial charge >= 0.3 is 5.97 Å². The lowest BCUT2D eigenvalue weighted by atomic mass is 10.2. The Bertz CT molecular complexity index is 1010. The molecule has 0 aliphatic rings. The summed E-state index contributed by atoms with van der Waals surface area (Å²) in [5, 5.41) is 9.72. The lowest BCUT2D eigenvalue weighted by molar-refractivity contribution is 0.00529. The minimum atomic E-state index is -1.14. The SMILES string of the molecule is COCCOCCOCCOc1cc(C(=O)O)cc(OCCOCCOCCOC)c1OCCOCCOCCOCc1ccccc1. The zero-order valence-electron chi connectivity index (χ0n) is 28.2. The molecule has 14 nitrogen and oxygen atoms in total. The van der Waals surface area contributed by atoms with E-state index in [1.54, 1.807) is 14.2 Å². The summed E-state index contributed by atoms with van der Waals surface area (Å²) in [6.07, 6.45) is 0. The first-order valence-corrected chi connectivity index (χ1v) is 16.0. The minimum Gasteiger partial charge on any atom is -0.487 e. The molecule has 0 fully saturated rings. The average molecular weight is 685 g/mol. The van der Waals surface area contributed by atoms with Crippen molar-refractivity contribution in [1.82, 2.24) is 0 Å². The summed E-state index contributed by atoms with van der Waals surface area (Å²) in [6, 6.07) is 12.7. The van der Waals surface area contributed by atoms with Gasteiger partial charge in [-0.05, 0) is 17.7 Å². The Morgan fingerprint density at radius 1 is 0.500 bits per heavy atom. The van der Waals surface area contributed by atoms with Crippen LogP contribution in [0.25, 0.3) is 0 Å². The van der Waals surface area contributed by atoms with Crippen molar-refractivity contribution >= 4 is 5.97 Å². The van der Waals surface area contributed by atoms with Gasteiger partial charge in [0, 0.05) is 14.2 Å². The number of carboxylic acid groups (broad SMARTS) is 1. The molecule has 0 atom stereocenters. The Morgan fingerprint density at radius 3 is 1.29 bits per heavy atom. The summed E-state index contributed by atoms with van der Waals surface area (Å²) >= 11 is 0. The Morgan fingerprint density at radius 2 is 0.875 bits per heavy atom. The molecule has 0 unspecified atom stereocenters. The van der Waals surface area contributed by atoms with Gasteiger partial charge in [-0.1, -0.05) is 30.3 Å². The van der Waals surface area contributed by atoms with E-state index in [-0.39, 0.29) is 62.5 Å². The van der Waals surface area contributed by atoms with E-state index in [9.17, 15) is 9.90 Å². The van der Waals surface area contributed by atoms with Gasteiger partial charge in [-0.15, -0.1) is 0 Å². The molecule has 272 valence electrons. The Kier molecular flexibility index (Phi) is 24.8. The third kappa shape index (κ3) is 20.3. The van der Waals surface area contributed by atoms with E-state index in [1.165, 1.54) is 12.1 Å². The molecule has 0 radical (unpaired) electrons. The normalized spacial score (nSPS) is 11.1. The summed E-state index contributed by atoms with van der Waals surface area (Å²) in [5.41, 5.74) is 1.09. The fraction of sp³-hybridized carbons (Fsp3) is 0.618. The molecule has 0 saturated carbocycles. The molecule has 2 rings (SSSR count). The maximum absolute atomic E-state index is 11.9. The van der Waals surface area contributed by atoms with Crippen LogP contribution in [0.15, 0.2) is 42.5 Å². The molecular formula is C34H52O14. The number of carboxylic acids is 1. The number of hydrogen-bond acceptors (Lipinski definition) is 13. The maximum atomic E-state index is 11.9. The van der Waals surface area contributed by atoms with Gasteiger partial charge in [-0.2, -0.15) is 0 Å². The highest BCUT2D eigenvalue weighted by Gasteiger charge is 2.19. The number of aromatic carboxylic acids is 1. The van der Waals surface area contributed by atoms with Gasteiger partial charge in [0.25, 0.3) is 0 Å². The van der Waals surface area contributed by atoms with Crippen LogP contribution in [0, 0.1) is 0 Å². The first kappa shape index (κ1) is 41.1. The monoisotopic (exact) mass is 684 g/mol. The second-order valence-electron chi connectivity index (χ2n) is 9.85. The Balaban J connectivity index is 1.81. The van der Waals surface area contributed by atoms with Crippen LogP contribution in [0.2, 0.25) is 0 Å². The third-order valence-corrected chi connectivity index (χ3v) is 6.18. The zero-order chi connectivity index (χ0) is 34.3. The van der Waals surface area contributed by atoms with Crippen LogP contribution in [-0.2, 0) is 49.2 Å². The van der Waals surface area contributed by atoms with Crippen LogP contribution < -0.4 is 14.2 Å². The molecule has 0 saturated heterocycles. The predicted octanol–water partition coefficient (Wildman–Crippen LogP) is 3.13. The van der Waals surface area contributed by atoms with Crippen molar-refractivity contribution in [3.05, 3.63) is 53.6 Å². The van der Waals surface area contributed by atoms with Gasteiger partial charge < -0.3 is 61.9 Å². The second kappa shape index (κ2) is 28.9. The fourth-order valence-electron chi connectivity index (χ4n) is 3.81. The lowest BCUT2D eigenvalue weighted by Gasteiger charge is -2.18. The third-order valence-electron chi connectivity index (χ3n) is 6.18. The van der Waals surface area contributed by atoms with E-state index in [0.717, 1.165) is 5.56 Å². The van der Waals surface area contributed by atoms with Crippen LogP contribution in [0.4, 0.5) is 0 Å². The molecule has 0 spiro atoms. The molecule has 0 aliphatic heterocycles. The molecule has 0 bridgehead atoms. The molecule has 0 aromatic heterocycles. The summed E-state index contributed by atoms with van der Waals surface area (Å²) in [4.78, 5) is 11.9. The highest BCUT2D eigenvalue weighted by atomic mass is 16.6. The van der Waals surface area contributed by atoms with Crippen LogP contribution in [0.1, 0.15) is 15.9 Å². The highest BCUT2D eigenvalue weighted by molar-refractivity contribution is 5.89. The number of methoxy groups -OCH3 is 2. The maximum Gasteiger partial charge on any atom is 0.335 e. The lowest BCUT2D eigenvalue weighted by Crippen LogP contribution is -2.16. The molecule has 14 heteroatoms. The Labute approximate surface area is 283 Å². The van der Waals surface area contributed by atoms with Gasteiger partial charge in [0.2, 0.25) is 5.75 Å². The topological polar surface area (TPSA) is 148 Å². The van der Waals surface area contributed by atoms with E-state index >= 15 is 0 Å². The molecule has 0 aliphatic carbocycles. The van der Waals surface area contributed by atoms with E-state index in [1.807, 2.05) is 30.3 Å². The summed E-state index contributed by atoms with van der Waals surface area (Å²) in [5.74, 6) is -0.479. The van der Waals surface area contributed by atoms with Crippen molar-refractivity contribution in [2.45, 2.75) is 6.61 Å². The largest absolute Gasteiger partial charge is 0.487 e. The predicted molar refractivity (Wildman–Crippen MR) is 175 cm³/mol. The molecule has 2 aromatic carbocycles. The first-order valence-electron chi connectivity index (χ1n) is 16.0. The van der Waals surface area contributed by atoms with Crippen molar-refractivity contribution in [1.29, 1.82) is 0 Å². The van der Waals surface area contributed by atoms with Crippen molar-refractivity contribution in [2.75, 3.05) is 133 Å². The number of ether oxygens (including phenoxy) is 12. The number of rotatable bonds is 33. The fourth-order valence-corrected chi connectivity index (χ4v) is 3.81. The van der Waals surface area contributed by atoms with E-state index in [0.29, 0.717) is 85.9 Å². The highest BCUT2D eigenvalue weighted by Crippen LogP contribution is 2.39. The smallest absolute Gasteiger partial charge is 0.335 e. The van der Waals surface area contributed by atoms with Gasteiger partial charge in [-0.25, -0.2) is 4.79 Å². The van der Waals surface area contributed by atoms with E-state index in [2.05, 4.69) is 0 Å². The minimum absolute atomic E-state index is 0.0200. The summed E-state index contributed by atoms with van der Waals surface area (Å²) in [6.45, 7) is 7.01. The molecular weight excluding hydrogens is 632 g/mol. The van der Waals surface area contributed by atoms with Gasteiger partial charge in [-0.3, -0.25) is 0 Å². The van der Waals surface area contributed by atoms with Crippen LogP contribution in [0.5, 0.6) is 17.2 Å². The zero-order valence-corrected chi connectivity index (χ0v) is 28.2. The van der Waals surface area contributed by atoms with Crippen molar-refractivity contribution in [3.8, 4) is 17.2 Å². The molecule has 0 heterocycles. The number of hydrogen-bond donors (Lipinski definition) is 1. The quantitative estimate of drug-likeness (QED) is 0.110. The number of benzene rings is 2.